The number of nitrogens with one attached hydrogen (secondary N) is 2. The molecule has 0 radical (unpaired) electrons. The summed E-state index contributed by atoms with van der Waals surface area (Å²) in [7, 11) is 0. The maximum Gasteiger partial charge on any atom is 0.265 e. The number of hydrogen-bond donors (Lipinski definition) is 3. The number of amides is 1. The van der Waals surface area contributed by atoms with Gasteiger partial charge in [0.2, 0.25) is 0 Å². The zero-order chi connectivity index (χ0) is 14.5. The minimum Gasteiger partial charge on any atom is -0.382 e. The topological polar surface area (TPSA) is 80.0 Å². The van der Waals surface area contributed by atoms with Gasteiger partial charge in [0.15, 0.2) is 5.13 Å². The number of nitrogen functional groups attached to an aromatic ring is 1. The molecule has 4 N–H and O–H groups in total. The van der Waals surface area contributed by atoms with Crippen LogP contribution in [-0.2, 0) is 0 Å². The largest absolute Gasteiger partial charge is 0.382 e. The first kappa shape index (κ1) is 15.8. The highest BCUT2D eigenvalue weighted by Crippen LogP contribution is 2.25. The summed E-state index contributed by atoms with van der Waals surface area (Å²) in [5.74, 6) is 0.167. The molecule has 0 saturated heterocycles. The number of carbonyl (C=O) groups is 1. The SMILES string of the molecule is CCCNc1nc(N)c(C(=O)NCCC(C)(C)C)s1. The molecule has 1 amide bonds. The summed E-state index contributed by atoms with van der Waals surface area (Å²) in [6.45, 7) is 9.99. The number of thiazole rings is 1. The average molecular weight is 284 g/mol. The van der Waals surface area contributed by atoms with Crippen LogP contribution in [0.4, 0.5) is 10.9 Å². The molecule has 19 heavy (non-hydrogen) atoms. The van der Waals surface area contributed by atoms with Gasteiger partial charge in [0.1, 0.15) is 10.7 Å². The van der Waals surface area contributed by atoms with Crippen LogP contribution in [0.15, 0.2) is 0 Å². The molecule has 0 aliphatic carbocycles. The molecule has 0 aromatic carbocycles. The first-order valence-corrected chi connectivity index (χ1v) is 7.43. The lowest BCUT2D eigenvalue weighted by Crippen LogP contribution is -2.27. The van der Waals surface area contributed by atoms with Crippen LogP contribution in [0.5, 0.6) is 0 Å². The maximum atomic E-state index is 12.0. The lowest BCUT2D eigenvalue weighted by molar-refractivity contribution is 0.0954. The molecular weight excluding hydrogens is 260 g/mol. The summed E-state index contributed by atoms with van der Waals surface area (Å²) in [5.41, 5.74) is 5.98. The molecule has 0 unspecified atom stereocenters. The second kappa shape index (κ2) is 6.75. The van der Waals surface area contributed by atoms with Gasteiger partial charge in [-0.1, -0.05) is 39.0 Å². The van der Waals surface area contributed by atoms with Crippen LogP contribution in [0.3, 0.4) is 0 Å². The van der Waals surface area contributed by atoms with Crippen LogP contribution in [0.1, 0.15) is 50.2 Å². The Kier molecular flexibility index (Phi) is 5.60. The predicted octanol–water partition coefficient (Wildman–Crippen LogP) is 2.71. The number of rotatable bonds is 6. The molecule has 0 saturated carbocycles. The van der Waals surface area contributed by atoms with Gasteiger partial charge >= 0.3 is 0 Å². The van der Waals surface area contributed by atoms with Crippen molar-refractivity contribution in [1.29, 1.82) is 0 Å². The van der Waals surface area contributed by atoms with Crippen LogP contribution >= 0.6 is 11.3 Å². The molecule has 1 heterocycles. The number of hydrogen-bond acceptors (Lipinski definition) is 5. The summed E-state index contributed by atoms with van der Waals surface area (Å²) < 4.78 is 0. The molecule has 0 atom stereocenters. The van der Waals surface area contributed by atoms with Crippen LogP contribution in [0, 0.1) is 5.41 Å². The van der Waals surface area contributed by atoms with Crippen molar-refractivity contribution in [3.8, 4) is 0 Å². The molecule has 1 aromatic rings. The molecule has 6 heteroatoms. The average Bonchev–Trinajstić information content (AvgIpc) is 2.66. The summed E-state index contributed by atoms with van der Waals surface area (Å²) in [6.07, 6.45) is 1.94. The Balaban J connectivity index is 2.54. The van der Waals surface area contributed by atoms with E-state index in [0.29, 0.717) is 22.4 Å². The molecule has 5 nitrogen and oxygen atoms in total. The van der Waals surface area contributed by atoms with Crippen molar-refractivity contribution in [1.82, 2.24) is 10.3 Å². The zero-order valence-electron chi connectivity index (χ0n) is 12.2. The fourth-order valence-electron chi connectivity index (χ4n) is 1.43. The molecule has 1 rings (SSSR count). The fourth-order valence-corrected chi connectivity index (χ4v) is 2.26. The molecule has 0 fully saturated rings. The third-order valence-corrected chi connectivity index (χ3v) is 3.57. The Bertz CT molecular complexity index is 423. The van der Waals surface area contributed by atoms with E-state index in [9.17, 15) is 4.79 Å². The van der Waals surface area contributed by atoms with E-state index in [2.05, 4.69) is 43.3 Å². The van der Waals surface area contributed by atoms with Crippen LogP contribution in [0.2, 0.25) is 0 Å². The van der Waals surface area contributed by atoms with Crippen molar-refractivity contribution in [2.45, 2.75) is 40.5 Å². The van der Waals surface area contributed by atoms with Gasteiger partial charge in [0, 0.05) is 13.1 Å². The van der Waals surface area contributed by atoms with Crippen molar-refractivity contribution >= 4 is 28.2 Å². The second-order valence-electron chi connectivity index (χ2n) is 5.73. The summed E-state index contributed by atoms with van der Waals surface area (Å²) in [4.78, 5) is 16.6. The van der Waals surface area contributed by atoms with Crippen molar-refractivity contribution in [3.63, 3.8) is 0 Å². The van der Waals surface area contributed by atoms with E-state index in [1.807, 2.05) is 0 Å². The molecule has 1 aromatic heterocycles. The Labute approximate surface area is 119 Å². The minimum absolute atomic E-state index is 0.135. The van der Waals surface area contributed by atoms with Gasteiger partial charge in [-0.2, -0.15) is 0 Å². The Hall–Kier alpha value is -1.30. The number of nitrogens with zero attached hydrogens (tertiary/aromatic N) is 1. The van der Waals surface area contributed by atoms with Crippen LogP contribution in [-0.4, -0.2) is 24.0 Å². The zero-order valence-corrected chi connectivity index (χ0v) is 13.0. The monoisotopic (exact) mass is 284 g/mol. The highest BCUT2D eigenvalue weighted by Gasteiger charge is 2.17. The first-order valence-electron chi connectivity index (χ1n) is 6.62. The van der Waals surface area contributed by atoms with Crippen LogP contribution in [0.25, 0.3) is 0 Å². The van der Waals surface area contributed by atoms with E-state index in [0.717, 1.165) is 19.4 Å². The highest BCUT2D eigenvalue weighted by atomic mass is 32.1. The van der Waals surface area contributed by atoms with E-state index in [1.165, 1.54) is 11.3 Å². The molecular formula is C13H24N4OS. The van der Waals surface area contributed by atoms with Gasteiger partial charge < -0.3 is 16.4 Å². The van der Waals surface area contributed by atoms with E-state index in [1.54, 1.807) is 0 Å². The van der Waals surface area contributed by atoms with Crippen molar-refractivity contribution < 1.29 is 4.79 Å². The van der Waals surface area contributed by atoms with Gasteiger partial charge in [-0.15, -0.1) is 0 Å². The predicted molar refractivity (Wildman–Crippen MR) is 81.7 cm³/mol. The van der Waals surface area contributed by atoms with E-state index in [-0.39, 0.29) is 11.3 Å². The molecule has 0 bridgehead atoms. The molecule has 0 aliphatic heterocycles. The standard InChI is InChI=1S/C13H24N4OS/c1-5-7-16-12-17-10(14)9(19-12)11(18)15-8-6-13(2,3)4/h5-8,14H2,1-4H3,(H,15,18)(H,16,17). The number of nitrogens with two attached hydrogens (primary N) is 1. The van der Waals surface area contributed by atoms with E-state index < -0.39 is 0 Å². The Morgan fingerprint density at radius 3 is 2.63 bits per heavy atom. The summed E-state index contributed by atoms with van der Waals surface area (Å²) >= 11 is 1.31. The molecule has 108 valence electrons. The minimum atomic E-state index is -0.135. The molecule has 0 aliphatic rings. The van der Waals surface area contributed by atoms with Crippen molar-refractivity contribution in [2.75, 3.05) is 24.1 Å². The van der Waals surface area contributed by atoms with Crippen LogP contribution < -0.4 is 16.4 Å². The number of aromatic nitrogens is 1. The third-order valence-electron chi connectivity index (χ3n) is 2.55. The van der Waals surface area contributed by atoms with Crippen molar-refractivity contribution in [2.24, 2.45) is 5.41 Å². The second-order valence-corrected chi connectivity index (χ2v) is 6.73. The lowest BCUT2D eigenvalue weighted by atomic mass is 9.92. The van der Waals surface area contributed by atoms with Gasteiger partial charge in [-0.05, 0) is 18.3 Å². The van der Waals surface area contributed by atoms with E-state index >= 15 is 0 Å². The number of anilines is 2. The lowest BCUT2D eigenvalue weighted by Gasteiger charge is -2.17. The highest BCUT2D eigenvalue weighted by molar-refractivity contribution is 7.18. The quantitative estimate of drug-likeness (QED) is 0.750. The van der Waals surface area contributed by atoms with Gasteiger partial charge in [-0.3, -0.25) is 4.79 Å². The van der Waals surface area contributed by atoms with E-state index in [4.69, 9.17) is 5.73 Å². The van der Waals surface area contributed by atoms with Gasteiger partial charge in [0.25, 0.3) is 5.91 Å². The normalized spacial score (nSPS) is 11.4. The van der Waals surface area contributed by atoms with Gasteiger partial charge in [0.05, 0.1) is 0 Å². The summed E-state index contributed by atoms with van der Waals surface area (Å²) in [5, 5.41) is 6.74. The molecule has 0 spiro atoms. The third kappa shape index (κ3) is 5.46. The summed E-state index contributed by atoms with van der Waals surface area (Å²) in [6, 6.07) is 0. The maximum absolute atomic E-state index is 12.0. The van der Waals surface area contributed by atoms with Crippen molar-refractivity contribution in [3.05, 3.63) is 4.88 Å². The fraction of sp³-hybridized carbons (Fsp3) is 0.692. The smallest absolute Gasteiger partial charge is 0.265 e. The van der Waals surface area contributed by atoms with Gasteiger partial charge in [-0.25, -0.2) is 4.98 Å². The number of carbonyl (C=O) groups excluding carboxylic acids is 1. The Morgan fingerprint density at radius 1 is 1.37 bits per heavy atom. The first-order chi connectivity index (χ1) is 8.83. The Morgan fingerprint density at radius 2 is 2.05 bits per heavy atom.